The number of H-pyrrole nitrogens is 1. The number of ether oxygens (including phenoxy) is 1. The van der Waals surface area contributed by atoms with Gasteiger partial charge in [-0.3, -0.25) is 9.59 Å². The summed E-state index contributed by atoms with van der Waals surface area (Å²) in [6.45, 7) is 3.93. The Morgan fingerprint density at radius 2 is 2.27 bits per heavy atom. The summed E-state index contributed by atoms with van der Waals surface area (Å²) in [5.74, 6) is 0.291. The number of aromatic amines is 1. The summed E-state index contributed by atoms with van der Waals surface area (Å²) in [4.78, 5) is 30.6. The Balaban J connectivity index is 2.04. The van der Waals surface area contributed by atoms with Crippen LogP contribution in [-0.2, 0) is 11.2 Å². The quantitative estimate of drug-likeness (QED) is 0.814. The fraction of sp³-hybridized carbons (Fsp3) is 0.429. The van der Waals surface area contributed by atoms with Crippen molar-refractivity contribution in [3.8, 4) is 0 Å². The van der Waals surface area contributed by atoms with Crippen LogP contribution in [-0.4, -0.2) is 34.7 Å². The minimum Gasteiger partial charge on any atom is -0.384 e. The Bertz CT molecular complexity index is 707. The summed E-state index contributed by atoms with van der Waals surface area (Å²) >= 11 is 0. The van der Waals surface area contributed by atoms with Gasteiger partial charge in [0.25, 0.3) is 11.5 Å². The van der Waals surface area contributed by atoms with Gasteiger partial charge in [-0.05, 0) is 26.0 Å². The maximum absolute atomic E-state index is 12.1. The van der Waals surface area contributed by atoms with Crippen molar-refractivity contribution in [3.05, 3.63) is 45.5 Å². The van der Waals surface area contributed by atoms with Gasteiger partial charge in [0.2, 0.25) is 5.89 Å². The third-order valence-electron chi connectivity index (χ3n) is 3.03. The largest absolute Gasteiger partial charge is 0.384 e. The molecule has 2 aromatic rings. The zero-order chi connectivity index (χ0) is 16.1. The molecular weight excluding hydrogens is 288 g/mol. The fourth-order valence-corrected chi connectivity index (χ4v) is 1.83. The Labute approximate surface area is 126 Å². The summed E-state index contributed by atoms with van der Waals surface area (Å²) < 4.78 is 10.0. The van der Waals surface area contributed by atoms with Gasteiger partial charge in [-0.2, -0.15) is 4.98 Å². The average Bonchev–Trinajstić information content (AvgIpc) is 2.93. The predicted octanol–water partition coefficient (Wildman–Crippen LogP) is 0.746. The number of carbonyl (C=O) groups excluding carboxylic acids is 1. The number of hydrogen-bond donors (Lipinski definition) is 2. The van der Waals surface area contributed by atoms with E-state index in [1.807, 2.05) is 0 Å². The molecule has 0 spiro atoms. The number of aryl methyl sites for hydroxylation is 1. The molecule has 0 saturated heterocycles. The first-order chi connectivity index (χ1) is 10.5. The molecule has 0 fully saturated rings. The average molecular weight is 306 g/mol. The molecule has 2 N–H and O–H groups in total. The van der Waals surface area contributed by atoms with Crippen molar-refractivity contribution in [2.24, 2.45) is 0 Å². The highest BCUT2D eigenvalue weighted by Gasteiger charge is 2.19. The van der Waals surface area contributed by atoms with Crippen molar-refractivity contribution >= 4 is 5.91 Å². The summed E-state index contributed by atoms with van der Waals surface area (Å²) in [5, 5.41) is 6.45. The third-order valence-corrected chi connectivity index (χ3v) is 3.03. The van der Waals surface area contributed by atoms with Gasteiger partial charge in [0.05, 0.1) is 6.61 Å². The summed E-state index contributed by atoms with van der Waals surface area (Å²) in [6, 6.07) is 2.64. The van der Waals surface area contributed by atoms with E-state index in [0.29, 0.717) is 24.5 Å². The third kappa shape index (κ3) is 3.79. The number of methoxy groups -OCH3 is 1. The normalized spacial score (nSPS) is 12.1. The second-order valence-electron chi connectivity index (χ2n) is 4.87. The zero-order valence-electron chi connectivity index (χ0n) is 12.7. The molecule has 0 saturated carbocycles. The van der Waals surface area contributed by atoms with Gasteiger partial charge in [0, 0.05) is 19.2 Å². The molecule has 0 aromatic carbocycles. The number of pyridine rings is 1. The lowest BCUT2D eigenvalue weighted by Crippen LogP contribution is -2.31. The van der Waals surface area contributed by atoms with Gasteiger partial charge in [-0.25, -0.2) is 0 Å². The van der Waals surface area contributed by atoms with Crippen molar-refractivity contribution in [1.29, 1.82) is 0 Å². The van der Waals surface area contributed by atoms with E-state index in [2.05, 4.69) is 20.4 Å². The van der Waals surface area contributed by atoms with Crippen LogP contribution in [0.25, 0.3) is 0 Å². The molecule has 8 heteroatoms. The number of carbonyl (C=O) groups is 1. The van der Waals surface area contributed by atoms with Gasteiger partial charge in [0.15, 0.2) is 5.82 Å². The van der Waals surface area contributed by atoms with E-state index < -0.39 is 17.5 Å². The lowest BCUT2D eigenvalue weighted by Gasteiger charge is -2.09. The second kappa shape index (κ2) is 6.99. The molecule has 0 aliphatic heterocycles. The molecule has 0 unspecified atom stereocenters. The first kappa shape index (κ1) is 15.9. The molecule has 0 aliphatic rings. The molecule has 118 valence electrons. The van der Waals surface area contributed by atoms with E-state index in [4.69, 9.17) is 9.26 Å². The van der Waals surface area contributed by atoms with Gasteiger partial charge in [0.1, 0.15) is 11.6 Å². The highest BCUT2D eigenvalue weighted by Crippen LogP contribution is 2.10. The molecule has 0 radical (unpaired) electrons. The number of nitrogens with one attached hydrogen (secondary N) is 2. The molecular formula is C14H18N4O4. The fourth-order valence-electron chi connectivity index (χ4n) is 1.83. The van der Waals surface area contributed by atoms with Crippen LogP contribution >= 0.6 is 0 Å². The first-order valence-corrected chi connectivity index (χ1v) is 6.83. The summed E-state index contributed by atoms with van der Waals surface area (Å²) in [6.07, 6.45) is 0.526. The van der Waals surface area contributed by atoms with Crippen molar-refractivity contribution in [2.75, 3.05) is 13.7 Å². The predicted molar refractivity (Wildman–Crippen MR) is 77.6 cm³/mol. The van der Waals surface area contributed by atoms with Crippen LogP contribution in [0, 0.1) is 6.92 Å². The minimum atomic E-state index is -0.503. The zero-order valence-corrected chi connectivity index (χ0v) is 12.7. The monoisotopic (exact) mass is 306 g/mol. The topological polar surface area (TPSA) is 110 Å². The summed E-state index contributed by atoms with van der Waals surface area (Å²) in [5.41, 5.74) is 0.293. The molecule has 0 bridgehead atoms. The maximum Gasteiger partial charge on any atom is 0.260 e. The van der Waals surface area contributed by atoms with Gasteiger partial charge in [-0.1, -0.05) is 5.16 Å². The van der Waals surface area contributed by atoms with Crippen LogP contribution in [0.5, 0.6) is 0 Å². The van der Waals surface area contributed by atoms with Crippen LogP contribution in [0.2, 0.25) is 0 Å². The summed E-state index contributed by atoms with van der Waals surface area (Å²) in [7, 11) is 1.59. The van der Waals surface area contributed by atoms with Crippen LogP contribution in [0.1, 0.15) is 40.7 Å². The van der Waals surface area contributed by atoms with Crippen LogP contribution in [0.4, 0.5) is 0 Å². The standard InChI is InChI=1S/C14H18N4O4/c1-8-4-5-10(12(19)15-8)13(20)16-9(2)14-17-11(18-22-14)6-7-21-3/h4-5,9H,6-7H2,1-3H3,(H,15,19)(H,16,20)/t9-/m0/s1. The number of amides is 1. The molecule has 8 nitrogen and oxygen atoms in total. The molecule has 1 amide bonds. The van der Waals surface area contributed by atoms with Gasteiger partial charge < -0.3 is 19.6 Å². The van der Waals surface area contributed by atoms with E-state index in [-0.39, 0.29) is 11.5 Å². The van der Waals surface area contributed by atoms with Gasteiger partial charge >= 0.3 is 0 Å². The first-order valence-electron chi connectivity index (χ1n) is 6.83. The van der Waals surface area contributed by atoms with Crippen molar-refractivity contribution in [2.45, 2.75) is 26.3 Å². The second-order valence-corrected chi connectivity index (χ2v) is 4.87. The number of rotatable bonds is 6. The van der Waals surface area contributed by atoms with E-state index in [1.165, 1.54) is 6.07 Å². The molecule has 1 atom stereocenters. The van der Waals surface area contributed by atoms with E-state index in [1.54, 1.807) is 27.0 Å². The van der Waals surface area contributed by atoms with Crippen molar-refractivity contribution < 1.29 is 14.1 Å². The van der Waals surface area contributed by atoms with Crippen LogP contribution in [0.15, 0.2) is 21.5 Å². The number of hydrogen-bond acceptors (Lipinski definition) is 6. The Kier molecular flexibility index (Phi) is 5.05. The molecule has 0 aliphatic carbocycles. The maximum atomic E-state index is 12.1. The lowest BCUT2D eigenvalue weighted by molar-refractivity contribution is 0.0931. The smallest absolute Gasteiger partial charge is 0.260 e. The number of nitrogens with zero attached hydrogens (tertiary/aromatic N) is 2. The lowest BCUT2D eigenvalue weighted by atomic mass is 10.2. The van der Waals surface area contributed by atoms with E-state index in [9.17, 15) is 9.59 Å². The van der Waals surface area contributed by atoms with Crippen molar-refractivity contribution in [3.63, 3.8) is 0 Å². The van der Waals surface area contributed by atoms with E-state index >= 15 is 0 Å². The van der Waals surface area contributed by atoms with Crippen LogP contribution in [0.3, 0.4) is 0 Å². The van der Waals surface area contributed by atoms with Crippen LogP contribution < -0.4 is 10.9 Å². The molecule has 2 rings (SSSR count). The Morgan fingerprint density at radius 3 is 2.95 bits per heavy atom. The van der Waals surface area contributed by atoms with Crippen molar-refractivity contribution in [1.82, 2.24) is 20.4 Å². The number of aromatic nitrogens is 3. The molecule has 2 aromatic heterocycles. The Morgan fingerprint density at radius 1 is 1.50 bits per heavy atom. The highest BCUT2D eigenvalue weighted by molar-refractivity contribution is 5.93. The van der Waals surface area contributed by atoms with E-state index in [0.717, 1.165) is 0 Å². The SMILES string of the molecule is COCCc1noc([C@H](C)NC(=O)c2ccc(C)[nH]c2=O)n1. The Hall–Kier alpha value is -2.48. The van der Waals surface area contributed by atoms with Gasteiger partial charge in [-0.15, -0.1) is 0 Å². The molecule has 22 heavy (non-hydrogen) atoms. The highest BCUT2D eigenvalue weighted by atomic mass is 16.5. The molecule has 2 heterocycles. The minimum absolute atomic E-state index is 0.0385.